The first-order valence-electron chi connectivity index (χ1n) is 16.7. The van der Waals surface area contributed by atoms with Crippen molar-refractivity contribution in [3.05, 3.63) is 170 Å². The molecule has 4 nitrogen and oxygen atoms in total. The molecule has 0 spiro atoms. The minimum Gasteiger partial charge on any atom is -0.309 e. The van der Waals surface area contributed by atoms with E-state index in [1.54, 1.807) is 0 Å². The van der Waals surface area contributed by atoms with Crippen LogP contribution in [-0.4, -0.2) is 19.5 Å². The number of aromatic nitrogens is 4. The number of benzene rings is 7. The van der Waals surface area contributed by atoms with E-state index in [0.29, 0.717) is 17.5 Å². The molecule has 0 aliphatic carbocycles. The molecular formula is C45H28N4S. The van der Waals surface area contributed by atoms with Crippen LogP contribution in [0, 0.1) is 0 Å². The topological polar surface area (TPSA) is 43.6 Å². The van der Waals surface area contributed by atoms with Crippen molar-refractivity contribution >= 4 is 53.3 Å². The van der Waals surface area contributed by atoms with Crippen LogP contribution in [0.1, 0.15) is 0 Å². The zero-order chi connectivity index (χ0) is 33.0. The minimum absolute atomic E-state index is 0.644. The summed E-state index contributed by atoms with van der Waals surface area (Å²) in [4.78, 5) is 14.8. The molecule has 5 heteroatoms. The van der Waals surface area contributed by atoms with Gasteiger partial charge in [0.2, 0.25) is 0 Å². The van der Waals surface area contributed by atoms with Crippen molar-refractivity contribution in [3.8, 4) is 51.0 Å². The van der Waals surface area contributed by atoms with Gasteiger partial charge in [-0.25, -0.2) is 15.0 Å². The lowest BCUT2D eigenvalue weighted by Crippen LogP contribution is -2.00. The molecule has 0 amide bonds. The lowest BCUT2D eigenvalue weighted by molar-refractivity contribution is 1.07. The summed E-state index contributed by atoms with van der Waals surface area (Å²) in [5.41, 5.74) is 8.72. The van der Waals surface area contributed by atoms with Crippen molar-refractivity contribution in [2.75, 3.05) is 0 Å². The normalized spacial score (nSPS) is 11.6. The van der Waals surface area contributed by atoms with Gasteiger partial charge in [0.25, 0.3) is 0 Å². The molecule has 10 rings (SSSR count). The monoisotopic (exact) mass is 656 g/mol. The largest absolute Gasteiger partial charge is 0.309 e. The van der Waals surface area contributed by atoms with E-state index in [1.165, 1.54) is 53.1 Å². The maximum Gasteiger partial charge on any atom is 0.164 e. The highest BCUT2D eigenvalue weighted by Gasteiger charge is 2.18. The molecule has 3 heterocycles. The summed E-state index contributed by atoms with van der Waals surface area (Å²) < 4.78 is 4.99. The third kappa shape index (κ3) is 4.79. The summed E-state index contributed by atoms with van der Waals surface area (Å²) in [5.74, 6) is 1.95. The van der Waals surface area contributed by atoms with Crippen LogP contribution in [0.25, 0.3) is 93.0 Å². The highest BCUT2D eigenvalue weighted by molar-refractivity contribution is 7.25. The molecule has 0 unspecified atom stereocenters. The van der Waals surface area contributed by atoms with Crippen LogP contribution in [0.5, 0.6) is 0 Å². The van der Waals surface area contributed by atoms with Gasteiger partial charge in [0, 0.05) is 53.3 Å². The molecule has 7 aromatic carbocycles. The first-order chi connectivity index (χ1) is 24.8. The van der Waals surface area contributed by atoms with Crippen LogP contribution in [0.15, 0.2) is 170 Å². The Kier molecular flexibility index (Phi) is 6.64. The van der Waals surface area contributed by atoms with Gasteiger partial charge in [0.05, 0.1) is 11.0 Å². The quantitative estimate of drug-likeness (QED) is 0.185. The maximum atomic E-state index is 4.96. The summed E-state index contributed by atoms with van der Waals surface area (Å²) in [7, 11) is 0. The zero-order valence-electron chi connectivity index (χ0n) is 26.9. The van der Waals surface area contributed by atoms with Gasteiger partial charge in [-0.3, -0.25) is 0 Å². The summed E-state index contributed by atoms with van der Waals surface area (Å²) in [6.45, 7) is 0. The minimum atomic E-state index is 0.644. The Labute approximate surface area is 292 Å². The van der Waals surface area contributed by atoms with Gasteiger partial charge in [-0.15, -0.1) is 11.3 Å². The number of hydrogen-bond donors (Lipinski definition) is 0. The van der Waals surface area contributed by atoms with Gasteiger partial charge < -0.3 is 4.57 Å². The average Bonchev–Trinajstić information content (AvgIpc) is 3.72. The van der Waals surface area contributed by atoms with E-state index >= 15 is 0 Å². The van der Waals surface area contributed by atoms with Crippen molar-refractivity contribution in [1.29, 1.82) is 0 Å². The third-order valence-electron chi connectivity index (χ3n) is 9.45. The third-order valence-corrected chi connectivity index (χ3v) is 10.6. The lowest BCUT2D eigenvalue weighted by atomic mass is 10.0. The van der Waals surface area contributed by atoms with Gasteiger partial charge in [0.15, 0.2) is 17.5 Å². The molecule has 0 atom stereocenters. The van der Waals surface area contributed by atoms with Gasteiger partial charge >= 0.3 is 0 Å². The van der Waals surface area contributed by atoms with Crippen molar-refractivity contribution in [2.24, 2.45) is 0 Å². The number of nitrogens with zero attached hydrogens (tertiary/aromatic N) is 4. The van der Waals surface area contributed by atoms with Gasteiger partial charge in [0.1, 0.15) is 0 Å². The number of rotatable bonds is 5. The molecule has 50 heavy (non-hydrogen) atoms. The number of thiophene rings is 1. The number of hydrogen-bond acceptors (Lipinski definition) is 4. The van der Waals surface area contributed by atoms with Crippen LogP contribution in [0.3, 0.4) is 0 Å². The molecule has 10 aromatic rings. The molecule has 0 aliphatic heterocycles. The second-order valence-electron chi connectivity index (χ2n) is 12.5. The molecule has 234 valence electrons. The van der Waals surface area contributed by atoms with Crippen LogP contribution in [-0.2, 0) is 0 Å². The Morgan fingerprint density at radius 1 is 0.340 bits per heavy atom. The van der Waals surface area contributed by atoms with Crippen molar-refractivity contribution < 1.29 is 0 Å². The van der Waals surface area contributed by atoms with E-state index in [9.17, 15) is 0 Å². The van der Waals surface area contributed by atoms with E-state index in [2.05, 4.69) is 114 Å². The van der Waals surface area contributed by atoms with Crippen LogP contribution in [0.4, 0.5) is 0 Å². The highest BCUT2D eigenvalue weighted by atomic mass is 32.1. The molecule has 0 N–H and O–H groups in total. The zero-order valence-corrected chi connectivity index (χ0v) is 27.7. The van der Waals surface area contributed by atoms with E-state index in [4.69, 9.17) is 15.0 Å². The average molecular weight is 657 g/mol. The van der Waals surface area contributed by atoms with Crippen molar-refractivity contribution in [1.82, 2.24) is 19.5 Å². The van der Waals surface area contributed by atoms with Crippen molar-refractivity contribution in [3.63, 3.8) is 0 Å². The first-order valence-corrected chi connectivity index (χ1v) is 17.5. The number of fused-ring (bicyclic) bond motifs is 6. The van der Waals surface area contributed by atoms with Crippen LogP contribution >= 0.6 is 11.3 Å². The van der Waals surface area contributed by atoms with Crippen molar-refractivity contribution in [2.45, 2.75) is 0 Å². The summed E-state index contributed by atoms with van der Waals surface area (Å²) in [6, 6.07) is 59.8. The summed E-state index contributed by atoms with van der Waals surface area (Å²) in [5, 5.41) is 5.09. The molecule has 0 aliphatic rings. The van der Waals surface area contributed by atoms with E-state index in [-0.39, 0.29) is 0 Å². The molecule has 0 radical (unpaired) electrons. The molecule has 0 saturated carbocycles. The predicted octanol–water partition coefficient (Wildman–Crippen LogP) is 12.0. The Morgan fingerprint density at radius 3 is 1.50 bits per heavy atom. The molecule has 0 saturated heterocycles. The highest BCUT2D eigenvalue weighted by Crippen LogP contribution is 2.41. The first kappa shape index (κ1) is 28.6. The fourth-order valence-electron chi connectivity index (χ4n) is 7.02. The molecule has 0 fully saturated rings. The Morgan fingerprint density at radius 2 is 0.860 bits per heavy atom. The van der Waals surface area contributed by atoms with Gasteiger partial charge in [-0.2, -0.15) is 0 Å². The molecule has 3 aromatic heterocycles. The lowest BCUT2D eigenvalue weighted by Gasteiger charge is -2.11. The van der Waals surface area contributed by atoms with Crippen LogP contribution in [0.2, 0.25) is 0 Å². The second kappa shape index (κ2) is 11.6. The van der Waals surface area contributed by atoms with Crippen LogP contribution < -0.4 is 0 Å². The fraction of sp³-hybridized carbons (Fsp3) is 0. The second-order valence-corrected chi connectivity index (χ2v) is 13.6. The van der Waals surface area contributed by atoms with E-state index < -0.39 is 0 Å². The molecule has 0 bridgehead atoms. The standard InChI is InChI=1S/C45H28N4S/c1-4-12-29(13-5-1)33-22-25-39-36(26-33)37-27-38-35-18-10-11-19-41(35)50-42(38)28-40(37)49(39)34-23-20-32(21-24-34)45-47-43(30-14-6-2-7-15-30)46-44(48-45)31-16-8-3-9-17-31/h1-28H. The molecular weight excluding hydrogens is 629 g/mol. The Balaban J connectivity index is 1.15. The summed E-state index contributed by atoms with van der Waals surface area (Å²) >= 11 is 1.85. The van der Waals surface area contributed by atoms with Gasteiger partial charge in [-0.05, 0) is 65.7 Å². The summed E-state index contributed by atoms with van der Waals surface area (Å²) in [6.07, 6.45) is 0. The van der Waals surface area contributed by atoms with Gasteiger partial charge in [-0.1, -0.05) is 115 Å². The SMILES string of the molecule is c1ccc(-c2ccc3c(c2)c2cc4c(cc2n3-c2ccc(-c3nc(-c5ccccc5)nc(-c5ccccc5)n3)cc2)sc2ccccc24)cc1. The Hall–Kier alpha value is -6.43. The fourth-order valence-corrected chi connectivity index (χ4v) is 8.14. The smallest absolute Gasteiger partial charge is 0.164 e. The van der Waals surface area contributed by atoms with E-state index in [0.717, 1.165) is 22.4 Å². The van der Waals surface area contributed by atoms with E-state index in [1.807, 2.05) is 72.0 Å². The predicted molar refractivity (Wildman–Crippen MR) is 209 cm³/mol. The maximum absolute atomic E-state index is 4.96. The Bertz CT molecular complexity index is 2780.